The van der Waals surface area contributed by atoms with E-state index in [0.717, 1.165) is 19.2 Å². The van der Waals surface area contributed by atoms with Crippen LogP contribution in [0.25, 0.3) is 0 Å². The third kappa shape index (κ3) is 8.73. The Kier molecular flexibility index (Phi) is 10.5. The highest BCUT2D eigenvalue weighted by Gasteiger charge is 2.21. The zero-order valence-corrected chi connectivity index (χ0v) is 22.4. The number of esters is 1. The molecule has 44 heavy (non-hydrogen) atoms. The first-order valence-electron chi connectivity index (χ1n) is 11.9. The van der Waals surface area contributed by atoms with Crippen molar-refractivity contribution in [2.75, 3.05) is 43.3 Å². The van der Waals surface area contributed by atoms with E-state index in [9.17, 15) is 28.8 Å². The zero-order valence-electron chi connectivity index (χ0n) is 22.4. The molecule has 0 unspecified atom stereocenters. The Bertz CT molecular complexity index is 1630. The molecule has 3 aromatic heterocycles. The number of amides is 2. The molecule has 0 fully saturated rings. The van der Waals surface area contributed by atoms with Gasteiger partial charge in [-0.15, -0.1) is 0 Å². The highest BCUT2D eigenvalue weighted by molar-refractivity contribution is 6.06. The van der Waals surface area contributed by atoms with E-state index < -0.39 is 67.3 Å². The van der Waals surface area contributed by atoms with Gasteiger partial charge >= 0.3 is 23.9 Å². The molecule has 0 radical (unpaired) electrons. The number of nitrogens with two attached hydrogens (primary N) is 1. The number of ether oxygens (including phenoxy) is 4. The third-order valence-electron chi connectivity index (χ3n) is 4.96. The average molecular weight is 614 g/mol. The van der Waals surface area contributed by atoms with Gasteiger partial charge in [-0.3, -0.25) is 9.59 Å². The number of nitrogen functional groups attached to an aromatic ring is 1. The largest absolute Gasteiger partial charge is 0.479 e. The van der Waals surface area contributed by atoms with Crippen molar-refractivity contribution in [3.05, 3.63) is 53.5 Å². The Morgan fingerprint density at radius 3 is 1.48 bits per heavy atom. The Morgan fingerprint density at radius 2 is 1.02 bits per heavy atom. The average Bonchev–Trinajstić information content (AvgIpc) is 2.98. The van der Waals surface area contributed by atoms with Gasteiger partial charge in [0.2, 0.25) is 17.6 Å². The number of aliphatic carboxylic acids is 3. The minimum Gasteiger partial charge on any atom is -0.479 e. The van der Waals surface area contributed by atoms with Gasteiger partial charge in [-0.05, 0) is 36.4 Å². The fourth-order valence-corrected chi connectivity index (χ4v) is 3.09. The number of nitrogens with one attached hydrogen (secondary N) is 2. The molecule has 3 heterocycles. The van der Waals surface area contributed by atoms with E-state index >= 15 is 0 Å². The molecule has 19 heteroatoms. The summed E-state index contributed by atoms with van der Waals surface area (Å²) in [5.74, 6) is -8.02. The molecule has 0 aliphatic carbocycles. The molecule has 3 rings (SSSR count). The van der Waals surface area contributed by atoms with Crippen LogP contribution in [-0.4, -0.2) is 92.9 Å². The van der Waals surface area contributed by atoms with Crippen LogP contribution < -0.4 is 30.6 Å². The van der Waals surface area contributed by atoms with E-state index in [1.165, 1.54) is 24.3 Å². The Balaban J connectivity index is 1.88. The molecule has 7 N–H and O–H groups in total. The number of carbonyl (C=O) groups is 6. The summed E-state index contributed by atoms with van der Waals surface area (Å²) >= 11 is 0. The minimum absolute atomic E-state index is 0.0445. The van der Waals surface area contributed by atoms with Crippen LogP contribution in [0.3, 0.4) is 0 Å². The molecule has 0 saturated heterocycles. The number of hydrogen-bond acceptors (Lipinski definition) is 14. The SMILES string of the molecule is COC(=O)c1ccc(NC(=O)c2ccc(NC(=O)c3ccc(N)c(OCC(=O)O)n3)c(OCC(=O)O)n2)c(OCC(=O)O)n1. The molecular weight excluding hydrogens is 592 g/mol. The second-order valence-corrected chi connectivity index (χ2v) is 8.14. The van der Waals surface area contributed by atoms with E-state index in [-0.39, 0.29) is 40.0 Å². The lowest BCUT2D eigenvalue weighted by atomic mass is 10.2. The molecule has 0 saturated carbocycles. The smallest absolute Gasteiger partial charge is 0.356 e. The van der Waals surface area contributed by atoms with Crippen molar-refractivity contribution in [1.29, 1.82) is 0 Å². The predicted octanol–water partition coefficient (Wildman–Crippen LogP) is 0.135. The molecule has 230 valence electrons. The minimum atomic E-state index is -1.41. The lowest BCUT2D eigenvalue weighted by molar-refractivity contribution is -0.140. The normalized spacial score (nSPS) is 10.2. The van der Waals surface area contributed by atoms with E-state index in [0.29, 0.717) is 0 Å². The van der Waals surface area contributed by atoms with Crippen molar-refractivity contribution in [2.45, 2.75) is 0 Å². The molecule has 19 nitrogen and oxygen atoms in total. The number of carboxylic acid groups (broad SMARTS) is 3. The van der Waals surface area contributed by atoms with Gasteiger partial charge < -0.3 is 50.6 Å². The van der Waals surface area contributed by atoms with E-state index in [4.69, 9.17) is 35.3 Å². The number of carbonyl (C=O) groups excluding carboxylic acids is 3. The van der Waals surface area contributed by atoms with Crippen LogP contribution in [0.5, 0.6) is 17.6 Å². The number of pyridine rings is 3. The number of carboxylic acids is 3. The molecule has 0 aliphatic heterocycles. The summed E-state index contributed by atoms with van der Waals surface area (Å²) in [6.07, 6.45) is 0. The summed E-state index contributed by atoms with van der Waals surface area (Å²) in [4.78, 5) is 82.2. The van der Waals surface area contributed by atoms with Crippen LogP contribution in [0.4, 0.5) is 17.1 Å². The van der Waals surface area contributed by atoms with Gasteiger partial charge in [0.15, 0.2) is 25.5 Å². The van der Waals surface area contributed by atoms with Crippen LogP contribution in [-0.2, 0) is 19.1 Å². The van der Waals surface area contributed by atoms with Crippen LogP contribution in [0.2, 0.25) is 0 Å². The number of nitrogens with zero attached hydrogens (tertiary/aromatic N) is 3. The van der Waals surface area contributed by atoms with Gasteiger partial charge in [0.25, 0.3) is 11.8 Å². The first-order chi connectivity index (χ1) is 20.9. The first kappa shape index (κ1) is 32.0. The number of methoxy groups -OCH3 is 1. The van der Waals surface area contributed by atoms with Gasteiger partial charge in [-0.1, -0.05) is 0 Å². The summed E-state index contributed by atoms with van der Waals surface area (Å²) in [5, 5.41) is 31.5. The Hall–Kier alpha value is -6.53. The number of rotatable bonds is 14. The summed E-state index contributed by atoms with van der Waals surface area (Å²) in [6, 6.07) is 7.11. The number of anilines is 3. The maximum atomic E-state index is 13.0. The van der Waals surface area contributed by atoms with Crippen molar-refractivity contribution < 1.29 is 63.0 Å². The van der Waals surface area contributed by atoms with Crippen molar-refractivity contribution in [1.82, 2.24) is 15.0 Å². The van der Waals surface area contributed by atoms with Gasteiger partial charge in [0.1, 0.15) is 22.8 Å². The highest BCUT2D eigenvalue weighted by Crippen LogP contribution is 2.27. The summed E-state index contributed by atoms with van der Waals surface area (Å²) in [7, 11) is 1.10. The maximum absolute atomic E-state index is 13.0. The Labute approximate surface area is 245 Å². The molecule has 0 bridgehead atoms. The predicted molar refractivity (Wildman–Crippen MR) is 144 cm³/mol. The van der Waals surface area contributed by atoms with Crippen LogP contribution in [0.1, 0.15) is 31.5 Å². The molecule has 0 atom stereocenters. The highest BCUT2D eigenvalue weighted by atomic mass is 16.5. The molecular formula is C25H22N6O13. The number of hydrogen-bond donors (Lipinski definition) is 6. The van der Waals surface area contributed by atoms with E-state index in [1.807, 2.05) is 0 Å². The third-order valence-corrected chi connectivity index (χ3v) is 4.96. The Morgan fingerprint density at radius 1 is 0.636 bits per heavy atom. The first-order valence-corrected chi connectivity index (χ1v) is 11.9. The second-order valence-electron chi connectivity index (χ2n) is 8.14. The monoisotopic (exact) mass is 614 g/mol. The molecule has 0 aromatic carbocycles. The van der Waals surface area contributed by atoms with Gasteiger partial charge in [0, 0.05) is 0 Å². The van der Waals surface area contributed by atoms with Crippen LogP contribution >= 0.6 is 0 Å². The van der Waals surface area contributed by atoms with Gasteiger partial charge in [0.05, 0.1) is 12.8 Å². The lowest BCUT2D eigenvalue weighted by Gasteiger charge is -2.14. The van der Waals surface area contributed by atoms with Crippen LogP contribution in [0, 0.1) is 0 Å². The molecule has 2 amide bonds. The zero-order chi connectivity index (χ0) is 32.4. The van der Waals surface area contributed by atoms with Gasteiger partial charge in [-0.25, -0.2) is 34.1 Å². The van der Waals surface area contributed by atoms with E-state index in [1.54, 1.807) is 0 Å². The number of aromatic nitrogens is 3. The maximum Gasteiger partial charge on any atom is 0.356 e. The van der Waals surface area contributed by atoms with Crippen molar-refractivity contribution >= 4 is 52.8 Å². The van der Waals surface area contributed by atoms with E-state index in [2.05, 4.69) is 30.3 Å². The summed E-state index contributed by atoms with van der Waals surface area (Å²) < 4.78 is 19.7. The van der Waals surface area contributed by atoms with Crippen molar-refractivity contribution in [2.24, 2.45) is 0 Å². The second kappa shape index (κ2) is 14.4. The standard InChI is InChI=1S/C25H22N6O13/c1-41-25(40)16-7-6-15(24(31-16)44-10-19(36)37)28-21(39)13-4-5-14(23(30-13)43-9-18(34)35)27-20(38)12-3-2-11(26)22(29-12)42-8-17(32)33/h2-7H,8-10,26H2,1H3,(H,27,38)(H,28,39)(H,32,33)(H,34,35)(H,36,37). The van der Waals surface area contributed by atoms with Crippen molar-refractivity contribution in [3.8, 4) is 17.6 Å². The fraction of sp³-hybridized carbons (Fsp3) is 0.160. The topological polar surface area (TPSA) is 289 Å². The fourth-order valence-electron chi connectivity index (χ4n) is 3.09. The summed E-state index contributed by atoms with van der Waals surface area (Å²) in [6.45, 7) is -2.56. The van der Waals surface area contributed by atoms with Gasteiger partial charge in [-0.2, -0.15) is 0 Å². The summed E-state index contributed by atoms with van der Waals surface area (Å²) in [5.41, 5.74) is 4.42. The van der Waals surface area contributed by atoms with Crippen molar-refractivity contribution in [3.63, 3.8) is 0 Å². The molecule has 0 aliphatic rings. The molecule has 0 spiro atoms. The van der Waals surface area contributed by atoms with Crippen LogP contribution in [0.15, 0.2) is 36.4 Å². The lowest BCUT2D eigenvalue weighted by Crippen LogP contribution is -2.20. The quantitative estimate of drug-likeness (QED) is 0.132. The molecule has 3 aromatic rings.